The van der Waals surface area contributed by atoms with E-state index in [4.69, 9.17) is 0 Å². The van der Waals surface area contributed by atoms with E-state index in [1.165, 1.54) is 18.2 Å². The molecular formula is C16H8N4O4S. The summed E-state index contributed by atoms with van der Waals surface area (Å²) in [5.74, 6) is -0.912. The van der Waals surface area contributed by atoms with Gasteiger partial charge in [0.2, 0.25) is 5.13 Å². The van der Waals surface area contributed by atoms with Gasteiger partial charge in [-0.2, -0.15) is 0 Å². The van der Waals surface area contributed by atoms with Gasteiger partial charge < -0.3 is 0 Å². The van der Waals surface area contributed by atoms with Crippen LogP contribution in [0.5, 0.6) is 0 Å². The predicted octanol–water partition coefficient (Wildman–Crippen LogP) is 2.91. The Labute approximate surface area is 144 Å². The molecule has 25 heavy (non-hydrogen) atoms. The van der Waals surface area contributed by atoms with Crippen LogP contribution >= 0.6 is 11.3 Å². The number of nitrogens with zero attached hydrogens (tertiary/aromatic N) is 4. The maximum atomic E-state index is 12.5. The van der Waals surface area contributed by atoms with Crippen LogP contribution in [0.4, 0.5) is 10.8 Å². The lowest BCUT2D eigenvalue weighted by atomic mass is 10.1. The van der Waals surface area contributed by atoms with Crippen molar-refractivity contribution in [3.63, 3.8) is 0 Å². The lowest BCUT2D eigenvalue weighted by Crippen LogP contribution is -2.29. The van der Waals surface area contributed by atoms with Gasteiger partial charge in [0.05, 0.1) is 16.1 Å². The molecule has 0 saturated heterocycles. The number of non-ortho nitro benzene ring substituents is 1. The Kier molecular flexibility index (Phi) is 3.36. The molecule has 0 atom stereocenters. The fourth-order valence-electron chi connectivity index (χ4n) is 2.54. The number of amides is 2. The summed E-state index contributed by atoms with van der Waals surface area (Å²) in [4.78, 5) is 36.3. The molecule has 2 heterocycles. The second-order valence-corrected chi connectivity index (χ2v) is 6.14. The summed E-state index contributed by atoms with van der Waals surface area (Å²) in [6.45, 7) is 0. The van der Waals surface area contributed by atoms with Gasteiger partial charge in [0.25, 0.3) is 17.5 Å². The van der Waals surface area contributed by atoms with Crippen molar-refractivity contribution in [1.82, 2.24) is 10.2 Å². The van der Waals surface area contributed by atoms with Gasteiger partial charge in [-0.1, -0.05) is 35.6 Å². The Balaban J connectivity index is 1.71. The third kappa shape index (κ3) is 2.37. The second kappa shape index (κ2) is 5.56. The summed E-state index contributed by atoms with van der Waals surface area (Å²) in [6.07, 6.45) is 0. The van der Waals surface area contributed by atoms with Crippen LogP contribution in [-0.4, -0.2) is 26.9 Å². The van der Waals surface area contributed by atoms with E-state index in [9.17, 15) is 19.7 Å². The largest absolute Gasteiger partial charge is 0.270 e. The third-order valence-corrected chi connectivity index (χ3v) is 4.66. The zero-order valence-electron chi connectivity index (χ0n) is 12.4. The van der Waals surface area contributed by atoms with Crippen molar-refractivity contribution in [1.29, 1.82) is 0 Å². The van der Waals surface area contributed by atoms with Crippen molar-refractivity contribution >= 4 is 34.0 Å². The number of imide groups is 1. The molecule has 122 valence electrons. The minimum absolute atomic E-state index is 0.0741. The standard InChI is InChI=1S/C16H8N4O4S/c21-14-11-6-1-2-7-12(11)15(22)19(14)16-18-17-13(25-16)9-4-3-5-10(8-9)20(23)24/h1-8H. The van der Waals surface area contributed by atoms with Gasteiger partial charge >= 0.3 is 0 Å². The smallest absolute Gasteiger partial charge is 0.268 e. The van der Waals surface area contributed by atoms with Crippen molar-refractivity contribution in [2.24, 2.45) is 0 Å². The maximum Gasteiger partial charge on any atom is 0.270 e. The molecule has 0 fully saturated rings. The lowest BCUT2D eigenvalue weighted by Gasteiger charge is -2.07. The van der Waals surface area contributed by atoms with Gasteiger partial charge in [0.15, 0.2) is 0 Å². The van der Waals surface area contributed by atoms with Gasteiger partial charge in [0.1, 0.15) is 5.01 Å². The third-order valence-electron chi connectivity index (χ3n) is 3.70. The Morgan fingerprint density at radius 3 is 2.28 bits per heavy atom. The van der Waals surface area contributed by atoms with Crippen LogP contribution < -0.4 is 4.90 Å². The molecule has 4 rings (SSSR count). The molecule has 0 saturated carbocycles. The molecule has 3 aromatic rings. The number of fused-ring (bicyclic) bond motifs is 1. The van der Waals surface area contributed by atoms with E-state index in [1.54, 1.807) is 30.3 Å². The topological polar surface area (TPSA) is 106 Å². The maximum absolute atomic E-state index is 12.5. The molecule has 0 radical (unpaired) electrons. The number of nitro benzene ring substituents is 1. The number of carbonyl (C=O) groups excluding carboxylic acids is 2. The van der Waals surface area contributed by atoms with E-state index < -0.39 is 16.7 Å². The Hall–Kier alpha value is -3.46. The Morgan fingerprint density at radius 1 is 0.960 bits per heavy atom. The zero-order valence-corrected chi connectivity index (χ0v) is 13.3. The predicted molar refractivity (Wildman–Crippen MR) is 89.6 cm³/mol. The number of aromatic nitrogens is 2. The second-order valence-electron chi connectivity index (χ2n) is 5.19. The first-order chi connectivity index (χ1) is 12.1. The number of rotatable bonds is 3. The van der Waals surface area contributed by atoms with Gasteiger partial charge in [-0.3, -0.25) is 19.7 Å². The Bertz CT molecular complexity index is 1010. The van der Waals surface area contributed by atoms with E-state index in [2.05, 4.69) is 10.2 Å². The summed E-state index contributed by atoms with van der Waals surface area (Å²) in [5.41, 5.74) is 1.06. The monoisotopic (exact) mass is 352 g/mol. The van der Waals surface area contributed by atoms with Gasteiger partial charge in [-0.05, 0) is 12.1 Å². The minimum Gasteiger partial charge on any atom is -0.268 e. The van der Waals surface area contributed by atoms with Crippen LogP contribution in [0.3, 0.4) is 0 Å². The average Bonchev–Trinajstić information content (AvgIpc) is 3.19. The molecule has 8 nitrogen and oxygen atoms in total. The summed E-state index contributed by atoms with van der Waals surface area (Å²) in [5, 5.41) is 19.3. The van der Waals surface area contributed by atoms with Gasteiger partial charge in [-0.25, -0.2) is 4.90 Å². The molecule has 0 aliphatic carbocycles. The van der Waals surface area contributed by atoms with E-state index in [0.29, 0.717) is 21.7 Å². The molecule has 0 N–H and O–H groups in total. The summed E-state index contributed by atoms with van der Waals surface area (Å²) >= 11 is 1.02. The van der Waals surface area contributed by atoms with Crippen LogP contribution in [0.25, 0.3) is 10.6 Å². The number of hydrogen-bond acceptors (Lipinski definition) is 7. The molecule has 1 aliphatic rings. The highest BCUT2D eigenvalue weighted by Gasteiger charge is 2.38. The van der Waals surface area contributed by atoms with E-state index in [0.717, 1.165) is 16.2 Å². The fraction of sp³-hybridized carbons (Fsp3) is 0. The zero-order chi connectivity index (χ0) is 17.6. The first-order valence-electron chi connectivity index (χ1n) is 7.12. The van der Waals surface area contributed by atoms with E-state index in [1.807, 2.05) is 0 Å². The van der Waals surface area contributed by atoms with Crippen LogP contribution in [0.15, 0.2) is 48.5 Å². The molecule has 0 unspecified atom stereocenters. The van der Waals surface area contributed by atoms with Crippen molar-refractivity contribution in [3.05, 3.63) is 69.8 Å². The molecule has 1 aromatic heterocycles. The minimum atomic E-state index is -0.504. The van der Waals surface area contributed by atoms with Crippen LogP contribution in [0.1, 0.15) is 20.7 Å². The first-order valence-corrected chi connectivity index (χ1v) is 7.94. The number of carbonyl (C=O) groups is 2. The number of benzene rings is 2. The number of anilines is 1. The van der Waals surface area contributed by atoms with Crippen molar-refractivity contribution in [3.8, 4) is 10.6 Å². The molecule has 0 bridgehead atoms. The molecule has 0 spiro atoms. The number of nitro groups is 1. The highest BCUT2D eigenvalue weighted by Crippen LogP contribution is 2.34. The molecule has 9 heteroatoms. The van der Waals surface area contributed by atoms with Crippen molar-refractivity contribution < 1.29 is 14.5 Å². The molecular weight excluding hydrogens is 344 g/mol. The highest BCUT2D eigenvalue weighted by molar-refractivity contribution is 7.18. The number of hydrogen-bond donors (Lipinski definition) is 0. The summed E-state index contributed by atoms with van der Waals surface area (Å²) in [6, 6.07) is 12.5. The van der Waals surface area contributed by atoms with Gasteiger partial charge in [-0.15, -0.1) is 10.2 Å². The first kappa shape index (κ1) is 15.1. The molecule has 2 amide bonds. The van der Waals surface area contributed by atoms with E-state index in [-0.39, 0.29) is 10.8 Å². The van der Waals surface area contributed by atoms with Crippen LogP contribution in [0.2, 0.25) is 0 Å². The van der Waals surface area contributed by atoms with E-state index >= 15 is 0 Å². The molecule has 1 aliphatic heterocycles. The fourth-order valence-corrected chi connectivity index (χ4v) is 3.38. The summed E-state index contributed by atoms with van der Waals surface area (Å²) < 4.78 is 0. The highest BCUT2D eigenvalue weighted by atomic mass is 32.1. The SMILES string of the molecule is O=C1c2ccccc2C(=O)N1c1nnc(-c2cccc([N+](=O)[O-])c2)s1. The van der Waals surface area contributed by atoms with Crippen molar-refractivity contribution in [2.75, 3.05) is 4.90 Å². The lowest BCUT2D eigenvalue weighted by molar-refractivity contribution is -0.384. The molecule has 2 aromatic carbocycles. The van der Waals surface area contributed by atoms with Crippen molar-refractivity contribution in [2.45, 2.75) is 0 Å². The summed E-state index contributed by atoms with van der Waals surface area (Å²) in [7, 11) is 0. The quantitative estimate of drug-likeness (QED) is 0.407. The Morgan fingerprint density at radius 2 is 1.64 bits per heavy atom. The normalized spacial score (nSPS) is 13.2. The van der Waals surface area contributed by atoms with Crippen LogP contribution in [0, 0.1) is 10.1 Å². The van der Waals surface area contributed by atoms with Crippen LogP contribution in [-0.2, 0) is 0 Å². The van der Waals surface area contributed by atoms with Gasteiger partial charge in [0, 0.05) is 17.7 Å². The average molecular weight is 352 g/mol.